The lowest BCUT2D eigenvalue weighted by molar-refractivity contribution is 0.0749. The Labute approximate surface area is 96.3 Å². The summed E-state index contributed by atoms with van der Waals surface area (Å²) in [6.07, 6.45) is 5.16. The fraction of sp³-hybridized carbons (Fsp3) is 0.636. The van der Waals surface area contributed by atoms with E-state index < -0.39 is 0 Å². The molecule has 1 heterocycles. The molecule has 0 saturated heterocycles. The summed E-state index contributed by atoms with van der Waals surface area (Å²) in [4.78, 5) is 17.9. The number of nitrogens with zero attached hydrogens (tertiary/aromatic N) is 3. The second-order valence-corrected chi connectivity index (χ2v) is 3.86. The molecule has 1 aromatic rings. The van der Waals surface area contributed by atoms with Crippen LogP contribution in [0.3, 0.4) is 0 Å². The first-order chi connectivity index (χ1) is 7.69. The molecule has 0 saturated carbocycles. The van der Waals surface area contributed by atoms with Crippen molar-refractivity contribution in [2.45, 2.75) is 19.8 Å². The Morgan fingerprint density at radius 2 is 2.31 bits per heavy atom. The van der Waals surface area contributed by atoms with Crippen molar-refractivity contribution >= 4 is 5.91 Å². The van der Waals surface area contributed by atoms with Crippen molar-refractivity contribution in [3.8, 4) is 0 Å². The molecule has 0 bridgehead atoms. The lowest BCUT2D eigenvalue weighted by Crippen LogP contribution is -2.33. The van der Waals surface area contributed by atoms with Crippen LogP contribution in [0.2, 0.25) is 0 Å². The number of amides is 1. The molecule has 0 spiro atoms. The van der Waals surface area contributed by atoms with E-state index in [1.165, 1.54) is 0 Å². The molecular weight excluding hydrogens is 204 g/mol. The van der Waals surface area contributed by atoms with Crippen molar-refractivity contribution in [1.82, 2.24) is 14.5 Å². The Morgan fingerprint density at radius 3 is 2.81 bits per heavy atom. The number of aryl methyl sites for hydroxylation is 1. The van der Waals surface area contributed by atoms with Gasteiger partial charge in [0.15, 0.2) is 0 Å². The predicted molar refractivity (Wildman–Crippen MR) is 63.1 cm³/mol. The first-order valence-corrected chi connectivity index (χ1v) is 5.66. The van der Waals surface area contributed by atoms with Gasteiger partial charge in [-0.1, -0.05) is 6.92 Å². The number of imidazole rings is 1. The Balaban J connectivity index is 2.66. The molecule has 1 amide bonds. The van der Waals surface area contributed by atoms with Gasteiger partial charge in [-0.3, -0.25) is 4.79 Å². The minimum absolute atomic E-state index is 0.00380. The average Bonchev–Trinajstić information content (AvgIpc) is 2.70. The Kier molecular flexibility index (Phi) is 4.98. The number of carbonyl (C=O) groups excluding carboxylic acids is 1. The van der Waals surface area contributed by atoms with Crippen LogP contribution in [0.15, 0.2) is 12.5 Å². The normalized spacial score (nSPS) is 10.4. The summed E-state index contributed by atoms with van der Waals surface area (Å²) in [5.74, 6) is -0.00380. The maximum absolute atomic E-state index is 12.1. The van der Waals surface area contributed by atoms with Crippen LogP contribution in [0.1, 0.15) is 30.3 Å². The van der Waals surface area contributed by atoms with Gasteiger partial charge in [-0.05, 0) is 19.4 Å². The van der Waals surface area contributed by atoms with Crippen LogP contribution in [-0.2, 0) is 7.05 Å². The zero-order chi connectivity index (χ0) is 12.0. The summed E-state index contributed by atoms with van der Waals surface area (Å²) in [5, 5.41) is 0. The number of hydrogen-bond donors (Lipinski definition) is 1. The minimum atomic E-state index is -0.00380. The largest absolute Gasteiger partial charge is 0.340 e. The van der Waals surface area contributed by atoms with E-state index in [4.69, 9.17) is 5.73 Å². The maximum Gasteiger partial charge on any atom is 0.274 e. The zero-order valence-electron chi connectivity index (χ0n) is 10.0. The highest BCUT2D eigenvalue weighted by atomic mass is 16.2. The topological polar surface area (TPSA) is 64.2 Å². The number of aromatic nitrogens is 2. The van der Waals surface area contributed by atoms with Crippen LogP contribution in [0.25, 0.3) is 0 Å². The quantitative estimate of drug-likeness (QED) is 0.770. The third-order valence-electron chi connectivity index (χ3n) is 2.34. The molecule has 0 unspecified atom stereocenters. The van der Waals surface area contributed by atoms with E-state index in [0.29, 0.717) is 18.8 Å². The molecule has 0 fully saturated rings. The first-order valence-electron chi connectivity index (χ1n) is 5.66. The Morgan fingerprint density at radius 1 is 1.56 bits per heavy atom. The van der Waals surface area contributed by atoms with Gasteiger partial charge < -0.3 is 15.2 Å². The highest BCUT2D eigenvalue weighted by molar-refractivity contribution is 5.92. The van der Waals surface area contributed by atoms with Crippen LogP contribution in [0.5, 0.6) is 0 Å². The van der Waals surface area contributed by atoms with Crippen LogP contribution >= 0.6 is 0 Å². The summed E-state index contributed by atoms with van der Waals surface area (Å²) >= 11 is 0. The van der Waals surface area contributed by atoms with E-state index in [1.54, 1.807) is 17.1 Å². The monoisotopic (exact) mass is 224 g/mol. The third-order valence-corrected chi connectivity index (χ3v) is 2.34. The summed E-state index contributed by atoms with van der Waals surface area (Å²) in [6.45, 7) is 4.13. The van der Waals surface area contributed by atoms with Crippen LogP contribution in [-0.4, -0.2) is 40.0 Å². The van der Waals surface area contributed by atoms with Gasteiger partial charge in [-0.15, -0.1) is 0 Å². The average molecular weight is 224 g/mol. The highest BCUT2D eigenvalue weighted by Crippen LogP contribution is 2.03. The van der Waals surface area contributed by atoms with E-state index in [2.05, 4.69) is 11.9 Å². The molecule has 0 aliphatic carbocycles. The maximum atomic E-state index is 12.1. The summed E-state index contributed by atoms with van der Waals surface area (Å²) < 4.78 is 1.78. The Bertz CT molecular complexity index is 334. The lowest BCUT2D eigenvalue weighted by Gasteiger charge is -2.20. The van der Waals surface area contributed by atoms with Gasteiger partial charge in [0.05, 0.1) is 6.33 Å². The van der Waals surface area contributed by atoms with Crippen molar-refractivity contribution in [1.29, 1.82) is 0 Å². The molecule has 0 radical (unpaired) electrons. The second-order valence-electron chi connectivity index (χ2n) is 3.86. The number of nitrogens with two attached hydrogens (primary N) is 1. The minimum Gasteiger partial charge on any atom is -0.340 e. The van der Waals surface area contributed by atoms with Crippen molar-refractivity contribution in [2.75, 3.05) is 19.6 Å². The molecule has 90 valence electrons. The van der Waals surface area contributed by atoms with Crippen LogP contribution < -0.4 is 5.73 Å². The van der Waals surface area contributed by atoms with E-state index in [0.717, 1.165) is 19.4 Å². The molecule has 5 nitrogen and oxygen atoms in total. The predicted octanol–water partition coefficient (Wildman–Crippen LogP) is 0.621. The lowest BCUT2D eigenvalue weighted by atomic mass is 10.3. The smallest absolute Gasteiger partial charge is 0.274 e. The van der Waals surface area contributed by atoms with Crippen molar-refractivity contribution in [2.24, 2.45) is 12.8 Å². The summed E-state index contributed by atoms with van der Waals surface area (Å²) in [6, 6.07) is 0. The van der Waals surface area contributed by atoms with E-state index in [9.17, 15) is 4.79 Å². The molecule has 0 aliphatic rings. The number of rotatable bonds is 6. The standard InChI is InChI=1S/C11H20N4O/c1-3-6-15(7-4-5-12)11(16)10-8-14(2)9-13-10/h8-9H,3-7,12H2,1-2H3. The van der Waals surface area contributed by atoms with Gasteiger partial charge in [-0.25, -0.2) is 4.98 Å². The fourth-order valence-electron chi connectivity index (χ4n) is 1.55. The molecule has 0 aliphatic heterocycles. The van der Waals surface area contributed by atoms with Crippen molar-refractivity contribution in [3.63, 3.8) is 0 Å². The molecule has 0 atom stereocenters. The number of hydrogen-bond acceptors (Lipinski definition) is 3. The molecular formula is C11H20N4O. The van der Waals surface area contributed by atoms with Crippen LogP contribution in [0.4, 0.5) is 0 Å². The molecule has 1 rings (SSSR count). The van der Waals surface area contributed by atoms with Gasteiger partial charge in [0.25, 0.3) is 5.91 Å². The Hall–Kier alpha value is -1.36. The second kappa shape index (κ2) is 6.27. The van der Waals surface area contributed by atoms with Gasteiger partial charge in [0.2, 0.25) is 0 Å². The van der Waals surface area contributed by atoms with E-state index >= 15 is 0 Å². The van der Waals surface area contributed by atoms with Crippen molar-refractivity contribution in [3.05, 3.63) is 18.2 Å². The van der Waals surface area contributed by atoms with Crippen molar-refractivity contribution < 1.29 is 4.79 Å². The molecule has 2 N–H and O–H groups in total. The van der Waals surface area contributed by atoms with Crippen LogP contribution in [0, 0.1) is 0 Å². The molecule has 5 heteroatoms. The summed E-state index contributed by atoms with van der Waals surface area (Å²) in [7, 11) is 1.85. The molecule has 1 aromatic heterocycles. The van der Waals surface area contributed by atoms with Gasteiger partial charge >= 0.3 is 0 Å². The van der Waals surface area contributed by atoms with Gasteiger partial charge in [0, 0.05) is 26.3 Å². The molecule has 0 aromatic carbocycles. The molecule has 16 heavy (non-hydrogen) atoms. The third kappa shape index (κ3) is 3.34. The van der Waals surface area contributed by atoms with Gasteiger partial charge in [0.1, 0.15) is 5.69 Å². The SMILES string of the molecule is CCCN(CCCN)C(=O)c1cn(C)cn1. The zero-order valence-corrected chi connectivity index (χ0v) is 10.0. The number of carbonyl (C=O) groups is 1. The first kappa shape index (κ1) is 12.7. The van der Waals surface area contributed by atoms with E-state index in [-0.39, 0.29) is 5.91 Å². The fourth-order valence-corrected chi connectivity index (χ4v) is 1.55. The summed E-state index contributed by atoms with van der Waals surface area (Å²) in [5.41, 5.74) is 5.97. The van der Waals surface area contributed by atoms with E-state index in [1.807, 2.05) is 11.9 Å². The van der Waals surface area contributed by atoms with Gasteiger partial charge in [-0.2, -0.15) is 0 Å². The highest BCUT2D eigenvalue weighted by Gasteiger charge is 2.16.